The first-order chi connectivity index (χ1) is 14.0. The lowest BCUT2D eigenvalue weighted by Gasteiger charge is -2.20. The lowest BCUT2D eigenvalue weighted by atomic mass is 10.1. The van der Waals surface area contributed by atoms with E-state index < -0.39 is 0 Å². The summed E-state index contributed by atoms with van der Waals surface area (Å²) < 4.78 is 5.22. The first-order valence-corrected chi connectivity index (χ1v) is 9.78. The second-order valence-electron chi connectivity index (χ2n) is 6.75. The Morgan fingerprint density at radius 1 is 0.867 bits per heavy atom. The van der Waals surface area contributed by atoms with Crippen molar-refractivity contribution in [3.8, 4) is 5.75 Å². The highest BCUT2D eigenvalue weighted by atomic mass is 35.5. The largest absolute Gasteiger partial charge is 0.497 e. The minimum Gasteiger partial charge on any atom is -0.497 e. The quantitative estimate of drug-likeness (QED) is 0.507. The van der Waals surface area contributed by atoms with Crippen molar-refractivity contribution in [1.29, 1.82) is 0 Å². The molecule has 160 valence electrons. The minimum absolute atomic E-state index is 0. The summed E-state index contributed by atoms with van der Waals surface area (Å²) in [4.78, 5) is 15.9. The zero-order chi connectivity index (χ0) is 20.8. The van der Waals surface area contributed by atoms with Crippen LogP contribution in [0.5, 0.6) is 5.75 Å². The molecule has 0 aliphatic rings. The molecule has 8 heteroatoms. The number of halogens is 1. The number of hydrogen-bond donors (Lipinski definition) is 2. The summed E-state index contributed by atoms with van der Waals surface area (Å²) in [6.07, 6.45) is 0. The minimum atomic E-state index is 0. The highest BCUT2D eigenvalue weighted by Crippen LogP contribution is 2.24. The monoisotopic (exact) mass is 428 g/mol. The average molecular weight is 429 g/mol. The Hall–Kier alpha value is -3.06. The summed E-state index contributed by atoms with van der Waals surface area (Å²) in [5.74, 6) is 2.42. The van der Waals surface area contributed by atoms with E-state index in [1.165, 1.54) is 5.56 Å². The van der Waals surface area contributed by atoms with Crippen molar-refractivity contribution in [1.82, 2.24) is 15.0 Å². The Morgan fingerprint density at radius 3 is 2.10 bits per heavy atom. The van der Waals surface area contributed by atoms with E-state index >= 15 is 0 Å². The van der Waals surface area contributed by atoms with E-state index in [9.17, 15) is 0 Å². The maximum Gasteiger partial charge on any atom is 0.233 e. The molecule has 0 aliphatic heterocycles. The van der Waals surface area contributed by atoms with Crippen LogP contribution in [0.15, 0.2) is 42.5 Å². The number of aryl methyl sites for hydroxylation is 2. The summed E-state index contributed by atoms with van der Waals surface area (Å²) in [5, 5.41) is 6.62. The second-order valence-corrected chi connectivity index (χ2v) is 6.75. The molecule has 0 radical (unpaired) electrons. The van der Waals surface area contributed by atoms with Crippen molar-refractivity contribution in [2.24, 2.45) is 0 Å². The van der Waals surface area contributed by atoms with Crippen LogP contribution < -0.4 is 20.3 Å². The third-order valence-corrected chi connectivity index (χ3v) is 4.66. The lowest BCUT2D eigenvalue weighted by Crippen LogP contribution is -2.25. The molecule has 0 saturated carbocycles. The molecule has 7 nitrogen and oxygen atoms in total. The third-order valence-electron chi connectivity index (χ3n) is 4.66. The molecule has 0 spiro atoms. The molecule has 1 heterocycles. The number of benzene rings is 2. The van der Waals surface area contributed by atoms with E-state index in [1.54, 1.807) is 7.11 Å². The molecule has 0 fully saturated rings. The highest BCUT2D eigenvalue weighted by Gasteiger charge is 2.12. The van der Waals surface area contributed by atoms with Gasteiger partial charge in [0.15, 0.2) is 0 Å². The number of hydrogen-bond acceptors (Lipinski definition) is 7. The summed E-state index contributed by atoms with van der Waals surface area (Å²) in [7, 11) is 1.65. The van der Waals surface area contributed by atoms with Crippen LogP contribution >= 0.6 is 12.4 Å². The molecule has 3 rings (SSSR count). The van der Waals surface area contributed by atoms with Crippen LogP contribution in [0.2, 0.25) is 0 Å². The van der Waals surface area contributed by atoms with Gasteiger partial charge in [-0.1, -0.05) is 12.1 Å². The molecule has 30 heavy (non-hydrogen) atoms. The Labute approximate surface area is 184 Å². The van der Waals surface area contributed by atoms with Crippen molar-refractivity contribution in [2.45, 2.75) is 27.7 Å². The van der Waals surface area contributed by atoms with Crippen molar-refractivity contribution in [2.75, 3.05) is 35.7 Å². The van der Waals surface area contributed by atoms with E-state index in [2.05, 4.69) is 76.4 Å². The van der Waals surface area contributed by atoms with E-state index in [4.69, 9.17) is 4.74 Å². The molecule has 2 N–H and O–H groups in total. The predicted molar refractivity (Wildman–Crippen MR) is 126 cm³/mol. The first-order valence-electron chi connectivity index (χ1n) is 9.78. The number of nitrogens with one attached hydrogen (secondary N) is 2. The fourth-order valence-corrected chi connectivity index (χ4v) is 2.92. The third kappa shape index (κ3) is 5.73. The maximum atomic E-state index is 5.22. The van der Waals surface area contributed by atoms with Crippen LogP contribution in [0.1, 0.15) is 25.0 Å². The molecule has 1 aromatic heterocycles. The standard InChI is InChI=1S/C22H28N6O.ClH/c1-6-28(7-2)22-26-20(23-17-10-12-18(29-5)13-11-17)25-21(27-22)24-19-14-15(3)8-9-16(19)4;/h8-14H,6-7H2,1-5H3,(H2,23,24,25,26,27);1H. The molecule has 0 atom stereocenters. The van der Waals surface area contributed by atoms with Crippen molar-refractivity contribution in [3.63, 3.8) is 0 Å². The van der Waals surface area contributed by atoms with Gasteiger partial charge in [-0.25, -0.2) is 0 Å². The fraction of sp³-hybridized carbons (Fsp3) is 0.318. The Balaban J connectivity index is 0.00000320. The van der Waals surface area contributed by atoms with Crippen LogP contribution in [-0.4, -0.2) is 35.2 Å². The SMILES string of the molecule is CCN(CC)c1nc(Nc2ccc(OC)cc2)nc(Nc2cc(C)ccc2C)n1.Cl. The van der Waals surface area contributed by atoms with Crippen LogP contribution in [0.4, 0.5) is 29.2 Å². The average Bonchev–Trinajstić information content (AvgIpc) is 2.72. The van der Waals surface area contributed by atoms with Crippen LogP contribution in [0, 0.1) is 13.8 Å². The van der Waals surface area contributed by atoms with Gasteiger partial charge < -0.3 is 20.3 Å². The van der Waals surface area contributed by atoms with E-state index in [0.29, 0.717) is 17.8 Å². The van der Waals surface area contributed by atoms with E-state index in [-0.39, 0.29) is 12.4 Å². The molecular formula is C22H29ClN6O. The van der Waals surface area contributed by atoms with Gasteiger partial charge >= 0.3 is 0 Å². The van der Waals surface area contributed by atoms with Gasteiger partial charge in [-0.2, -0.15) is 15.0 Å². The van der Waals surface area contributed by atoms with Gasteiger partial charge in [0.25, 0.3) is 0 Å². The zero-order valence-corrected chi connectivity index (χ0v) is 18.9. The molecule has 2 aromatic carbocycles. The van der Waals surface area contributed by atoms with Gasteiger partial charge in [0.2, 0.25) is 17.8 Å². The van der Waals surface area contributed by atoms with Gasteiger partial charge in [-0.15, -0.1) is 12.4 Å². The summed E-state index contributed by atoms with van der Waals surface area (Å²) in [5.41, 5.74) is 4.16. The number of rotatable bonds is 8. The van der Waals surface area contributed by atoms with Crippen LogP contribution in [0.3, 0.4) is 0 Å². The first kappa shape index (κ1) is 23.2. The molecule has 0 amide bonds. The Kier molecular flexibility index (Phi) is 8.24. The number of aromatic nitrogens is 3. The van der Waals surface area contributed by atoms with Gasteiger partial charge in [-0.05, 0) is 69.2 Å². The normalized spacial score (nSPS) is 10.2. The molecule has 0 saturated heterocycles. The molecule has 0 aliphatic carbocycles. The zero-order valence-electron chi connectivity index (χ0n) is 18.1. The fourth-order valence-electron chi connectivity index (χ4n) is 2.92. The Morgan fingerprint density at radius 2 is 1.50 bits per heavy atom. The van der Waals surface area contributed by atoms with Crippen LogP contribution in [-0.2, 0) is 0 Å². The van der Waals surface area contributed by atoms with Gasteiger partial charge in [-0.3, -0.25) is 0 Å². The molecular weight excluding hydrogens is 400 g/mol. The summed E-state index contributed by atoms with van der Waals surface area (Å²) in [6, 6.07) is 13.9. The lowest BCUT2D eigenvalue weighted by molar-refractivity contribution is 0.415. The van der Waals surface area contributed by atoms with Gasteiger partial charge in [0, 0.05) is 24.5 Å². The summed E-state index contributed by atoms with van der Waals surface area (Å²) in [6.45, 7) is 9.92. The van der Waals surface area contributed by atoms with Crippen molar-refractivity contribution < 1.29 is 4.74 Å². The van der Waals surface area contributed by atoms with E-state index in [0.717, 1.165) is 35.8 Å². The molecule has 0 unspecified atom stereocenters. The van der Waals surface area contributed by atoms with E-state index in [1.807, 2.05) is 24.3 Å². The molecule has 0 bridgehead atoms. The van der Waals surface area contributed by atoms with Crippen molar-refractivity contribution >= 4 is 41.6 Å². The predicted octanol–water partition coefficient (Wildman–Crippen LogP) is 5.25. The Bertz CT molecular complexity index is 960. The smallest absolute Gasteiger partial charge is 0.233 e. The van der Waals surface area contributed by atoms with Gasteiger partial charge in [0.05, 0.1) is 7.11 Å². The topological polar surface area (TPSA) is 75.2 Å². The number of nitrogens with zero attached hydrogens (tertiary/aromatic N) is 4. The van der Waals surface area contributed by atoms with Crippen LogP contribution in [0.25, 0.3) is 0 Å². The van der Waals surface area contributed by atoms with Gasteiger partial charge in [0.1, 0.15) is 5.75 Å². The number of methoxy groups -OCH3 is 1. The number of ether oxygens (including phenoxy) is 1. The second kappa shape index (κ2) is 10.6. The highest BCUT2D eigenvalue weighted by molar-refractivity contribution is 5.85. The van der Waals surface area contributed by atoms with Crippen molar-refractivity contribution in [3.05, 3.63) is 53.6 Å². The summed E-state index contributed by atoms with van der Waals surface area (Å²) >= 11 is 0. The maximum absolute atomic E-state index is 5.22. The number of anilines is 5. The molecule has 3 aromatic rings.